The molecule has 1 atom stereocenters. The Morgan fingerprint density at radius 1 is 0.903 bits per heavy atom. The Hall–Kier alpha value is -3.16. The third-order valence-corrected chi connectivity index (χ3v) is 4.70. The number of para-hydroxylation sites is 3. The van der Waals surface area contributed by atoms with Crippen LogP contribution in [0, 0.1) is 0 Å². The molecule has 0 bridgehead atoms. The second-order valence-electron chi connectivity index (χ2n) is 6.68. The van der Waals surface area contributed by atoms with Gasteiger partial charge in [0.15, 0.2) is 5.75 Å². The molecule has 0 aliphatic rings. The van der Waals surface area contributed by atoms with E-state index in [1.165, 1.54) is 0 Å². The molecule has 162 valence electrons. The number of hydrogen-bond donors (Lipinski definition) is 4. The highest BCUT2D eigenvalue weighted by atomic mass is 31.2. The van der Waals surface area contributed by atoms with Gasteiger partial charge in [-0.05, 0) is 36.2 Å². The maximum atomic E-state index is 12.6. The zero-order valence-corrected chi connectivity index (χ0v) is 17.4. The number of amides is 2. The number of ether oxygens (including phenoxy) is 1. The summed E-state index contributed by atoms with van der Waals surface area (Å²) in [6.45, 7) is -0.352. The average Bonchev–Trinajstić information content (AvgIpc) is 2.74. The van der Waals surface area contributed by atoms with E-state index in [9.17, 15) is 9.36 Å². The molecule has 0 aromatic heterocycles. The minimum Gasteiger partial charge on any atom is -0.455 e. The van der Waals surface area contributed by atoms with E-state index < -0.39 is 19.9 Å². The third-order valence-electron chi connectivity index (χ3n) is 4.21. The number of phosphoric ester groups is 1. The van der Waals surface area contributed by atoms with E-state index in [0.29, 0.717) is 23.6 Å². The Kier molecular flexibility index (Phi) is 7.81. The quantitative estimate of drug-likeness (QED) is 0.367. The number of carbonyl (C=O) groups excluding carboxylic acids is 1. The predicted molar refractivity (Wildman–Crippen MR) is 117 cm³/mol. The number of anilines is 1. The van der Waals surface area contributed by atoms with Gasteiger partial charge in [0.2, 0.25) is 0 Å². The molecule has 0 radical (unpaired) electrons. The molecular weight excluding hydrogens is 419 g/mol. The third kappa shape index (κ3) is 7.88. The monoisotopic (exact) mass is 442 g/mol. The van der Waals surface area contributed by atoms with Crippen LogP contribution >= 0.6 is 7.82 Å². The lowest BCUT2D eigenvalue weighted by Gasteiger charge is -2.20. The van der Waals surface area contributed by atoms with Crippen LogP contribution in [-0.2, 0) is 15.5 Å². The Morgan fingerprint density at radius 2 is 1.52 bits per heavy atom. The van der Waals surface area contributed by atoms with Crippen molar-refractivity contribution < 1.29 is 28.4 Å². The molecule has 0 heterocycles. The molecule has 4 N–H and O–H groups in total. The Balaban J connectivity index is 1.68. The number of phosphoric acid groups is 1. The maximum absolute atomic E-state index is 12.6. The normalized spacial score (nSPS) is 12.1. The van der Waals surface area contributed by atoms with Crippen molar-refractivity contribution in [2.45, 2.75) is 12.5 Å². The van der Waals surface area contributed by atoms with Gasteiger partial charge >= 0.3 is 13.9 Å². The summed E-state index contributed by atoms with van der Waals surface area (Å²) in [4.78, 5) is 30.7. The number of urea groups is 1. The zero-order valence-electron chi connectivity index (χ0n) is 16.5. The molecule has 8 nitrogen and oxygen atoms in total. The largest absolute Gasteiger partial charge is 0.469 e. The second-order valence-corrected chi connectivity index (χ2v) is 7.92. The van der Waals surface area contributed by atoms with Crippen LogP contribution in [0.1, 0.15) is 5.56 Å². The van der Waals surface area contributed by atoms with Gasteiger partial charge in [-0.2, -0.15) is 0 Å². The van der Waals surface area contributed by atoms with E-state index in [4.69, 9.17) is 14.5 Å². The molecule has 3 rings (SSSR count). The fourth-order valence-electron chi connectivity index (χ4n) is 2.86. The van der Waals surface area contributed by atoms with E-state index in [-0.39, 0.29) is 6.61 Å². The van der Waals surface area contributed by atoms with Crippen molar-refractivity contribution in [1.29, 1.82) is 0 Å². The molecule has 0 saturated carbocycles. The van der Waals surface area contributed by atoms with E-state index >= 15 is 0 Å². The first kappa shape index (κ1) is 22.5. The van der Waals surface area contributed by atoms with Gasteiger partial charge in [-0.1, -0.05) is 60.7 Å². The van der Waals surface area contributed by atoms with E-state index in [1.807, 2.05) is 48.5 Å². The van der Waals surface area contributed by atoms with Crippen LogP contribution in [0.15, 0.2) is 84.9 Å². The SMILES string of the molecule is O=C(Nc1ccccc1Oc1ccccc1)N[C@@H](COP(=O)(O)O)Cc1ccccc1. The van der Waals surface area contributed by atoms with Crippen LogP contribution < -0.4 is 15.4 Å². The lowest BCUT2D eigenvalue weighted by atomic mass is 10.1. The van der Waals surface area contributed by atoms with Gasteiger partial charge in [-0.15, -0.1) is 0 Å². The molecule has 0 unspecified atom stereocenters. The number of rotatable bonds is 9. The summed E-state index contributed by atoms with van der Waals surface area (Å²) >= 11 is 0. The fraction of sp³-hybridized carbons (Fsp3) is 0.136. The molecule has 0 spiro atoms. The smallest absolute Gasteiger partial charge is 0.455 e. The summed E-state index contributed by atoms with van der Waals surface area (Å²) in [5.41, 5.74) is 1.33. The minimum atomic E-state index is -4.67. The molecule has 0 fully saturated rings. The van der Waals surface area contributed by atoms with Crippen LogP contribution in [0.3, 0.4) is 0 Å². The van der Waals surface area contributed by atoms with Crippen LogP contribution in [0.4, 0.5) is 10.5 Å². The number of carbonyl (C=O) groups is 1. The lowest BCUT2D eigenvalue weighted by molar-refractivity contribution is 0.176. The van der Waals surface area contributed by atoms with Gasteiger partial charge in [0.1, 0.15) is 5.75 Å². The van der Waals surface area contributed by atoms with Gasteiger partial charge < -0.3 is 25.2 Å². The van der Waals surface area contributed by atoms with Crippen LogP contribution in [-0.4, -0.2) is 28.5 Å². The fourth-order valence-corrected chi connectivity index (χ4v) is 3.23. The molecular formula is C22H23N2O6P. The minimum absolute atomic E-state index is 0.330. The van der Waals surface area contributed by atoms with Crippen molar-refractivity contribution in [1.82, 2.24) is 5.32 Å². The first-order valence-electron chi connectivity index (χ1n) is 9.52. The van der Waals surface area contributed by atoms with E-state index in [2.05, 4.69) is 15.2 Å². The van der Waals surface area contributed by atoms with Crippen molar-refractivity contribution in [2.24, 2.45) is 0 Å². The van der Waals surface area contributed by atoms with Gasteiger partial charge in [0.25, 0.3) is 0 Å². The molecule has 9 heteroatoms. The summed E-state index contributed by atoms with van der Waals surface area (Å²) in [5.74, 6) is 1.07. The highest BCUT2D eigenvalue weighted by Gasteiger charge is 2.21. The molecule has 0 aliphatic heterocycles. The highest BCUT2D eigenvalue weighted by Crippen LogP contribution is 2.36. The van der Waals surface area contributed by atoms with Crippen molar-refractivity contribution in [2.75, 3.05) is 11.9 Å². The topological polar surface area (TPSA) is 117 Å². The zero-order chi connectivity index (χ0) is 22.1. The lowest BCUT2D eigenvalue weighted by Crippen LogP contribution is -2.42. The Bertz CT molecular complexity index is 1030. The van der Waals surface area contributed by atoms with E-state index in [1.54, 1.807) is 36.4 Å². The van der Waals surface area contributed by atoms with Crippen LogP contribution in [0.25, 0.3) is 0 Å². The first-order chi connectivity index (χ1) is 14.9. The molecule has 0 aliphatic carbocycles. The van der Waals surface area contributed by atoms with Crippen molar-refractivity contribution in [3.63, 3.8) is 0 Å². The first-order valence-corrected chi connectivity index (χ1v) is 11.1. The van der Waals surface area contributed by atoms with Crippen molar-refractivity contribution in [3.8, 4) is 11.5 Å². The molecule has 2 amide bonds. The Morgan fingerprint density at radius 3 is 2.19 bits per heavy atom. The Labute approximate surface area is 180 Å². The molecule has 3 aromatic rings. The predicted octanol–water partition coefficient (Wildman–Crippen LogP) is 4.32. The van der Waals surface area contributed by atoms with Gasteiger partial charge in [0, 0.05) is 0 Å². The van der Waals surface area contributed by atoms with Gasteiger partial charge in [0.05, 0.1) is 18.3 Å². The second kappa shape index (κ2) is 10.7. The summed E-state index contributed by atoms with van der Waals surface area (Å²) in [7, 11) is -4.67. The van der Waals surface area contributed by atoms with E-state index in [0.717, 1.165) is 5.56 Å². The number of benzene rings is 3. The summed E-state index contributed by atoms with van der Waals surface area (Å²) in [6, 6.07) is 24.1. The molecule has 31 heavy (non-hydrogen) atoms. The van der Waals surface area contributed by atoms with Crippen molar-refractivity contribution in [3.05, 3.63) is 90.5 Å². The van der Waals surface area contributed by atoms with Crippen LogP contribution in [0.2, 0.25) is 0 Å². The van der Waals surface area contributed by atoms with Gasteiger partial charge in [-0.25, -0.2) is 9.36 Å². The summed E-state index contributed by atoms with van der Waals surface area (Å²) in [5, 5.41) is 5.42. The summed E-state index contributed by atoms with van der Waals surface area (Å²) in [6.07, 6.45) is 0.330. The average molecular weight is 442 g/mol. The molecule has 3 aromatic carbocycles. The standard InChI is InChI=1S/C22H23N2O6P/c25-22(23-18(16-29-31(26,27)28)15-17-9-3-1-4-10-17)24-20-13-7-8-14-21(20)30-19-11-5-2-6-12-19/h1-14,18H,15-16H2,(H2,23,24,25)(H2,26,27,28)/t18-/m1/s1. The highest BCUT2D eigenvalue weighted by molar-refractivity contribution is 7.46. The number of hydrogen-bond acceptors (Lipinski definition) is 4. The summed E-state index contributed by atoms with van der Waals surface area (Å²) < 4.78 is 21.6. The van der Waals surface area contributed by atoms with Crippen molar-refractivity contribution >= 4 is 19.5 Å². The maximum Gasteiger partial charge on any atom is 0.469 e. The molecule has 0 saturated heterocycles. The van der Waals surface area contributed by atoms with Gasteiger partial charge in [-0.3, -0.25) is 4.52 Å². The van der Waals surface area contributed by atoms with Crippen LogP contribution in [0.5, 0.6) is 11.5 Å². The number of nitrogens with one attached hydrogen (secondary N) is 2.